The van der Waals surface area contributed by atoms with Crippen LogP contribution in [0.15, 0.2) is 23.1 Å². The molecule has 3 N–H and O–H groups in total. The molecular formula is C11H15ClN2O2S3. The predicted octanol–water partition coefficient (Wildman–Crippen LogP) is 2.05. The molecule has 2 rings (SSSR count). The molecule has 1 aliphatic heterocycles. The molecule has 1 heterocycles. The molecule has 0 spiro atoms. The van der Waals surface area contributed by atoms with Crippen LogP contribution in [0.5, 0.6) is 0 Å². The van der Waals surface area contributed by atoms with E-state index in [0.29, 0.717) is 17.5 Å². The van der Waals surface area contributed by atoms with Gasteiger partial charge in [-0.05, 0) is 18.2 Å². The van der Waals surface area contributed by atoms with Gasteiger partial charge in [0.2, 0.25) is 10.0 Å². The second-order valence-corrected chi connectivity index (χ2v) is 8.84. The summed E-state index contributed by atoms with van der Waals surface area (Å²) in [6.07, 6.45) is 0. The summed E-state index contributed by atoms with van der Waals surface area (Å²) < 4.78 is 26.9. The third-order valence-electron chi connectivity index (χ3n) is 2.67. The van der Waals surface area contributed by atoms with Crippen molar-refractivity contribution in [2.45, 2.75) is 10.1 Å². The molecule has 106 valence electrons. The van der Waals surface area contributed by atoms with E-state index in [4.69, 9.17) is 17.3 Å². The fourth-order valence-electron chi connectivity index (χ4n) is 1.62. The number of anilines is 1. The molecule has 8 heteroatoms. The Bertz CT molecular complexity index is 545. The van der Waals surface area contributed by atoms with Crippen molar-refractivity contribution >= 4 is 50.8 Å². The third kappa shape index (κ3) is 4.19. The van der Waals surface area contributed by atoms with Crippen molar-refractivity contribution in [3.8, 4) is 0 Å². The Morgan fingerprint density at radius 1 is 1.42 bits per heavy atom. The molecule has 1 atom stereocenters. The van der Waals surface area contributed by atoms with E-state index in [9.17, 15) is 8.42 Å². The van der Waals surface area contributed by atoms with Crippen LogP contribution in [0.1, 0.15) is 0 Å². The zero-order valence-corrected chi connectivity index (χ0v) is 13.3. The molecule has 1 saturated heterocycles. The molecule has 1 unspecified atom stereocenters. The maximum Gasteiger partial charge on any atom is 0.240 e. The van der Waals surface area contributed by atoms with Crippen molar-refractivity contribution in [3.05, 3.63) is 23.2 Å². The van der Waals surface area contributed by atoms with Gasteiger partial charge < -0.3 is 5.73 Å². The first-order valence-corrected chi connectivity index (χ1v) is 9.79. The van der Waals surface area contributed by atoms with Crippen LogP contribution in [0.2, 0.25) is 5.02 Å². The zero-order valence-electron chi connectivity index (χ0n) is 10.1. The van der Waals surface area contributed by atoms with Crippen LogP contribution in [-0.4, -0.2) is 37.5 Å². The van der Waals surface area contributed by atoms with E-state index in [1.54, 1.807) is 0 Å². The average molecular weight is 339 g/mol. The van der Waals surface area contributed by atoms with Crippen LogP contribution in [-0.2, 0) is 10.0 Å². The molecule has 1 aromatic rings. The molecular weight excluding hydrogens is 324 g/mol. The molecule has 0 bridgehead atoms. The lowest BCUT2D eigenvalue weighted by Gasteiger charge is -2.21. The minimum atomic E-state index is -3.51. The van der Waals surface area contributed by atoms with Gasteiger partial charge in [-0.2, -0.15) is 23.5 Å². The number of nitrogens with one attached hydrogen (secondary N) is 1. The minimum absolute atomic E-state index is 0.153. The van der Waals surface area contributed by atoms with E-state index >= 15 is 0 Å². The fraction of sp³-hybridized carbons (Fsp3) is 0.455. The molecule has 0 aromatic heterocycles. The van der Waals surface area contributed by atoms with Crippen molar-refractivity contribution in [2.75, 3.05) is 29.5 Å². The van der Waals surface area contributed by atoms with Gasteiger partial charge in [-0.15, -0.1) is 0 Å². The van der Waals surface area contributed by atoms with Crippen LogP contribution < -0.4 is 10.5 Å². The Morgan fingerprint density at radius 2 is 2.21 bits per heavy atom. The van der Waals surface area contributed by atoms with Gasteiger partial charge in [0.25, 0.3) is 0 Å². The van der Waals surface area contributed by atoms with E-state index in [1.165, 1.54) is 18.2 Å². The highest BCUT2D eigenvalue weighted by Crippen LogP contribution is 2.25. The van der Waals surface area contributed by atoms with E-state index in [2.05, 4.69) is 4.72 Å². The summed E-state index contributed by atoms with van der Waals surface area (Å²) in [6, 6.07) is 4.34. The topological polar surface area (TPSA) is 72.2 Å². The Balaban J connectivity index is 2.02. The second-order valence-electron chi connectivity index (χ2n) is 4.10. The first-order valence-electron chi connectivity index (χ1n) is 5.73. The van der Waals surface area contributed by atoms with Gasteiger partial charge in [0.05, 0.1) is 15.6 Å². The average Bonchev–Trinajstić information content (AvgIpc) is 2.41. The maximum atomic E-state index is 12.1. The Kier molecular flexibility index (Phi) is 5.30. The summed E-state index contributed by atoms with van der Waals surface area (Å²) in [4.78, 5) is 0.153. The smallest absolute Gasteiger partial charge is 0.240 e. The highest BCUT2D eigenvalue weighted by atomic mass is 35.5. The van der Waals surface area contributed by atoms with Crippen molar-refractivity contribution in [1.29, 1.82) is 0 Å². The zero-order chi connectivity index (χ0) is 13.9. The van der Waals surface area contributed by atoms with Crippen LogP contribution in [0.4, 0.5) is 5.69 Å². The number of rotatable bonds is 4. The summed E-state index contributed by atoms with van der Waals surface area (Å²) in [7, 11) is -3.51. The van der Waals surface area contributed by atoms with Crippen molar-refractivity contribution in [3.63, 3.8) is 0 Å². The Morgan fingerprint density at radius 3 is 2.84 bits per heavy atom. The molecule has 0 aliphatic carbocycles. The molecule has 1 fully saturated rings. The lowest BCUT2D eigenvalue weighted by Crippen LogP contribution is -2.33. The van der Waals surface area contributed by atoms with E-state index < -0.39 is 10.0 Å². The molecule has 1 aromatic carbocycles. The molecule has 0 radical (unpaired) electrons. The van der Waals surface area contributed by atoms with Gasteiger partial charge in [0.15, 0.2) is 0 Å². The van der Waals surface area contributed by atoms with E-state index in [-0.39, 0.29) is 9.92 Å². The van der Waals surface area contributed by atoms with Gasteiger partial charge in [-0.25, -0.2) is 13.1 Å². The molecule has 4 nitrogen and oxygen atoms in total. The third-order valence-corrected chi connectivity index (χ3v) is 7.26. The molecule has 1 aliphatic rings. The van der Waals surface area contributed by atoms with Gasteiger partial charge >= 0.3 is 0 Å². The summed E-state index contributed by atoms with van der Waals surface area (Å²) in [5.41, 5.74) is 5.94. The highest BCUT2D eigenvalue weighted by molar-refractivity contribution is 8.06. The van der Waals surface area contributed by atoms with Gasteiger partial charge in [0, 0.05) is 29.1 Å². The number of sulfonamides is 1. The lowest BCUT2D eigenvalue weighted by atomic mass is 10.3. The van der Waals surface area contributed by atoms with Crippen LogP contribution >= 0.6 is 35.1 Å². The van der Waals surface area contributed by atoms with Gasteiger partial charge in [-0.3, -0.25) is 0 Å². The molecule has 19 heavy (non-hydrogen) atoms. The molecule has 0 amide bonds. The van der Waals surface area contributed by atoms with E-state index in [0.717, 1.165) is 17.3 Å². The monoisotopic (exact) mass is 338 g/mol. The summed E-state index contributed by atoms with van der Waals surface area (Å²) in [5.74, 6) is 3.20. The number of nitrogen functional groups attached to an aromatic ring is 1. The predicted molar refractivity (Wildman–Crippen MR) is 84.6 cm³/mol. The van der Waals surface area contributed by atoms with Gasteiger partial charge in [-0.1, -0.05) is 11.6 Å². The second kappa shape index (κ2) is 6.58. The van der Waals surface area contributed by atoms with Crippen LogP contribution in [0, 0.1) is 0 Å². The summed E-state index contributed by atoms with van der Waals surface area (Å²) in [6.45, 7) is 0.446. The normalized spacial score (nSPS) is 20.4. The number of halogens is 1. The van der Waals surface area contributed by atoms with Crippen LogP contribution in [0.3, 0.4) is 0 Å². The van der Waals surface area contributed by atoms with Gasteiger partial charge in [0.1, 0.15) is 0 Å². The first-order chi connectivity index (χ1) is 8.99. The SMILES string of the molecule is Nc1ccc(S(=O)(=O)NCC2CSCCS2)cc1Cl. The lowest BCUT2D eigenvalue weighted by molar-refractivity contribution is 0.581. The van der Waals surface area contributed by atoms with Crippen molar-refractivity contribution in [1.82, 2.24) is 4.72 Å². The Hall–Kier alpha value is -0.0800. The number of nitrogens with two attached hydrogens (primary N) is 1. The van der Waals surface area contributed by atoms with Crippen LogP contribution in [0.25, 0.3) is 0 Å². The highest BCUT2D eigenvalue weighted by Gasteiger charge is 2.19. The number of hydrogen-bond acceptors (Lipinski definition) is 5. The van der Waals surface area contributed by atoms with E-state index in [1.807, 2.05) is 23.5 Å². The first kappa shape index (κ1) is 15.3. The quantitative estimate of drug-likeness (QED) is 0.822. The number of thioether (sulfide) groups is 2. The van der Waals surface area contributed by atoms with Crippen molar-refractivity contribution in [2.24, 2.45) is 0 Å². The minimum Gasteiger partial charge on any atom is -0.398 e. The maximum absolute atomic E-state index is 12.1. The summed E-state index contributed by atoms with van der Waals surface area (Å²) >= 11 is 9.52. The molecule has 0 saturated carbocycles. The summed E-state index contributed by atoms with van der Waals surface area (Å²) in [5, 5.41) is 0.586. The number of hydrogen-bond donors (Lipinski definition) is 2. The number of benzene rings is 1. The van der Waals surface area contributed by atoms with Crippen molar-refractivity contribution < 1.29 is 8.42 Å². The standard InChI is InChI=1S/C11H15ClN2O2S3/c12-10-5-9(1-2-11(10)13)19(15,16)14-6-8-7-17-3-4-18-8/h1-2,5,8,14H,3-4,6-7,13H2. The largest absolute Gasteiger partial charge is 0.398 e. The fourth-order valence-corrected chi connectivity index (χ4v) is 5.69. The Labute approximate surface area is 126 Å².